The van der Waals surface area contributed by atoms with Gasteiger partial charge in [0.2, 0.25) is 0 Å². The Bertz CT molecular complexity index is 570. The van der Waals surface area contributed by atoms with Gasteiger partial charge in [-0.15, -0.1) is 6.61 Å². The van der Waals surface area contributed by atoms with Crippen LogP contribution in [-0.4, -0.2) is 29.7 Å². The van der Waals surface area contributed by atoms with E-state index in [1.54, 1.807) is 12.1 Å². The van der Waals surface area contributed by atoms with Crippen molar-refractivity contribution in [3.05, 3.63) is 59.9 Å². The predicted octanol–water partition coefficient (Wildman–Crippen LogP) is -0.782. The Morgan fingerprint density at radius 2 is 1.40 bits per heavy atom. The van der Waals surface area contributed by atoms with E-state index in [-0.39, 0.29) is 52.5 Å². The van der Waals surface area contributed by atoms with E-state index in [0.717, 1.165) is 16.7 Å². The van der Waals surface area contributed by atoms with Crippen LogP contribution in [0.2, 0.25) is 0 Å². The van der Waals surface area contributed by atoms with E-state index < -0.39 is 0 Å². The predicted molar refractivity (Wildman–Crippen MR) is 74.0 cm³/mol. The molecule has 0 N–H and O–H groups in total. The topological polar surface area (TPSA) is 23.1 Å². The quantitative estimate of drug-likeness (QED) is 0.518. The average molecular weight is 343 g/mol. The third-order valence-electron chi connectivity index (χ3n) is 2.52. The van der Waals surface area contributed by atoms with Crippen LogP contribution in [0.5, 0.6) is 0 Å². The van der Waals surface area contributed by atoms with Gasteiger partial charge in [0, 0.05) is 5.56 Å². The molecule has 2 aromatic rings. The van der Waals surface area contributed by atoms with E-state index in [2.05, 4.69) is 11.8 Å². The summed E-state index contributed by atoms with van der Waals surface area (Å²) in [7, 11) is 0. The molecule has 0 unspecified atom stereocenters. The van der Waals surface area contributed by atoms with Crippen LogP contribution in [0.15, 0.2) is 48.5 Å². The minimum atomic E-state index is -0.237. The largest absolute Gasteiger partial charge is 2.00 e. The first-order chi connectivity index (χ1) is 8.79. The number of halogens is 2. The van der Waals surface area contributed by atoms with E-state index in [4.69, 9.17) is 0 Å². The van der Waals surface area contributed by atoms with E-state index in [1.165, 1.54) is 12.1 Å². The Labute approximate surface area is 145 Å². The fourth-order valence-electron chi connectivity index (χ4n) is 1.60. The molecule has 0 radical (unpaired) electrons. The molecule has 0 aliphatic rings. The van der Waals surface area contributed by atoms with Crippen LogP contribution in [0.3, 0.4) is 0 Å². The second-order valence-corrected chi connectivity index (χ2v) is 3.84. The Morgan fingerprint density at radius 3 is 1.90 bits per heavy atom. The van der Waals surface area contributed by atoms with Gasteiger partial charge in [-0.05, 0) is 41.8 Å². The Kier molecular flexibility index (Phi) is 9.52. The van der Waals surface area contributed by atoms with Crippen molar-refractivity contribution in [2.24, 2.45) is 0 Å². The molecular formula is C16H12BrFMgO. The number of hydrogen-bond acceptors (Lipinski definition) is 1. The third-order valence-corrected chi connectivity index (χ3v) is 2.52. The maximum atomic E-state index is 12.8. The minimum Gasteiger partial charge on any atom is -1.00 e. The number of rotatable bonds is 2. The van der Waals surface area contributed by atoms with E-state index in [9.17, 15) is 9.50 Å². The summed E-state index contributed by atoms with van der Waals surface area (Å²) in [6.07, 6.45) is 0.375. The molecule has 98 valence electrons. The van der Waals surface area contributed by atoms with Crippen LogP contribution >= 0.6 is 0 Å². The summed E-state index contributed by atoms with van der Waals surface area (Å²) in [6, 6.07) is 14.0. The summed E-state index contributed by atoms with van der Waals surface area (Å²) in [5, 5.41) is 10.3. The number of hydrogen-bond donors (Lipinski definition) is 0. The maximum absolute atomic E-state index is 12.8. The normalized spacial score (nSPS) is 8.70. The van der Waals surface area contributed by atoms with Crippen molar-refractivity contribution in [1.82, 2.24) is 0 Å². The molecule has 2 rings (SSSR count). The molecule has 0 spiro atoms. The van der Waals surface area contributed by atoms with Crippen LogP contribution in [0.25, 0.3) is 11.1 Å². The molecule has 0 saturated carbocycles. The fraction of sp³-hybridized carbons (Fsp3) is 0.125. The van der Waals surface area contributed by atoms with Crippen LogP contribution in [-0.2, 0) is 0 Å². The molecule has 0 aliphatic carbocycles. The number of benzene rings is 2. The molecule has 1 nitrogen and oxygen atoms in total. The maximum Gasteiger partial charge on any atom is 2.00 e. The Balaban J connectivity index is 0.00000180. The van der Waals surface area contributed by atoms with Gasteiger partial charge in [0.25, 0.3) is 0 Å². The standard InChI is InChI=1S/C16H12FO.BrH.Mg/c17-16-10-8-15(9-11-16)14-6-4-13(5-7-14)3-1-2-12-18;;/h4-11H,2,12H2;1H;/q-1;;+2/p-1. The minimum absolute atomic E-state index is 0. The molecule has 20 heavy (non-hydrogen) atoms. The van der Waals surface area contributed by atoms with E-state index in [0.29, 0.717) is 6.42 Å². The van der Waals surface area contributed by atoms with Gasteiger partial charge in [0.05, 0.1) is 0 Å². The summed E-state index contributed by atoms with van der Waals surface area (Å²) in [5.41, 5.74) is 2.87. The molecule has 0 saturated heterocycles. The van der Waals surface area contributed by atoms with Crippen LogP contribution in [0.4, 0.5) is 4.39 Å². The van der Waals surface area contributed by atoms with Crippen LogP contribution < -0.4 is 22.1 Å². The summed E-state index contributed by atoms with van der Waals surface area (Å²) >= 11 is 0. The fourth-order valence-corrected chi connectivity index (χ4v) is 1.60. The molecule has 0 amide bonds. The van der Waals surface area contributed by atoms with Crippen LogP contribution in [0.1, 0.15) is 12.0 Å². The van der Waals surface area contributed by atoms with Gasteiger partial charge in [0.1, 0.15) is 5.82 Å². The second-order valence-electron chi connectivity index (χ2n) is 3.84. The molecule has 2 aromatic carbocycles. The summed E-state index contributed by atoms with van der Waals surface area (Å²) < 4.78 is 12.8. The van der Waals surface area contributed by atoms with Crippen LogP contribution in [0, 0.1) is 17.7 Å². The molecule has 0 aromatic heterocycles. The summed E-state index contributed by atoms with van der Waals surface area (Å²) in [4.78, 5) is 0. The average Bonchev–Trinajstić information content (AvgIpc) is 2.41. The van der Waals surface area contributed by atoms with E-state index in [1.807, 2.05) is 24.3 Å². The van der Waals surface area contributed by atoms with Gasteiger partial charge in [0.15, 0.2) is 0 Å². The van der Waals surface area contributed by atoms with Crippen molar-refractivity contribution < 1.29 is 26.5 Å². The first kappa shape index (κ1) is 19.1. The molecule has 0 bridgehead atoms. The summed E-state index contributed by atoms with van der Waals surface area (Å²) in [5.74, 6) is 5.49. The van der Waals surface area contributed by atoms with Crippen molar-refractivity contribution in [2.75, 3.05) is 6.61 Å². The molecule has 0 aliphatic heterocycles. The zero-order valence-electron chi connectivity index (χ0n) is 10.9. The first-order valence-electron chi connectivity index (χ1n) is 5.72. The van der Waals surface area contributed by atoms with Gasteiger partial charge in [-0.25, -0.2) is 4.39 Å². The molecule has 0 heterocycles. The Hall–Kier alpha value is -0.864. The van der Waals surface area contributed by atoms with Gasteiger partial charge in [-0.3, -0.25) is 0 Å². The molecular weight excluding hydrogens is 331 g/mol. The van der Waals surface area contributed by atoms with Crippen molar-refractivity contribution in [3.8, 4) is 23.0 Å². The molecule has 0 atom stereocenters. The zero-order chi connectivity index (χ0) is 12.8. The van der Waals surface area contributed by atoms with Gasteiger partial charge >= 0.3 is 23.1 Å². The van der Waals surface area contributed by atoms with Gasteiger partial charge in [-0.1, -0.05) is 36.1 Å². The van der Waals surface area contributed by atoms with E-state index >= 15 is 0 Å². The molecule has 0 fully saturated rings. The second kappa shape index (κ2) is 9.95. The Morgan fingerprint density at radius 1 is 0.900 bits per heavy atom. The van der Waals surface area contributed by atoms with Gasteiger partial charge in [-0.2, -0.15) is 0 Å². The summed E-state index contributed by atoms with van der Waals surface area (Å²) in [6.45, 7) is -0.166. The SMILES string of the molecule is [Br-].[Mg+2].[O-]CCC#Cc1ccc(-c2ccc(F)cc2)cc1. The van der Waals surface area contributed by atoms with Crippen molar-refractivity contribution in [1.29, 1.82) is 0 Å². The van der Waals surface area contributed by atoms with Crippen molar-refractivity contribution >= 4 is 23.1 Å². The zero-order valence-corrected chi connectivity index (χ0v) is 13.9. The monoisotopic (exact) mass is 342 g/mol. The molecule has 4 heteroatoms. The third kappa shape index (κ3) is 5.64. The van der Waals surface area contributed by atoms with Gasteiger partial charge < -0.3 is 22.1 Å². The van der Waals surface area contributed by atoms with Crippen molar-refractivity contribution in [3.63, 3.8) is 0 Å². The van der Waals surface area contributed by atoms with Crippen molar-refractivity contribution in [2.45, 2.75) is 6.42 Å². The first-order valence-corrected chi connectivity index (χ1v) is 5.72. The smallest absolute Gasteiger partial charge is 1.00 e.